The number of carbonyl (C=O) groups is 2. The Bertz CT molecular complexity index is 636. The lowest BCUT2D eigenvalue weighted by atomic mass is 9.44. The van der Waals surface area contributed by atoms with Crippen molar-refractivity contribution in [3.8, 4) is 0 Å². The van der Waals surface area contributed by atoms with Crippen LogP contribution in [0.5, 0.6) is 0 Å². The van der Waals surface area contributed by atoms with Gasteiger partial charge in [0, 0.05) is 21.8 Å². The molecule has 0 aromatic heterocycles. The van der Waals surface area contributed by atoms with E-state index in [1.165, 1.54) is 0 Å². The van der Waals surface area contributed by atoms with Gasteiger partial charge in [0.1, 0.15) is 5.78 Å². The molecule has 5 heteroatoms. The van der Waals surface area contributed by atoms with Gasteiger partial charge in [0.15, 0.2) is 0 Å². The molecule has 4 aliphatic carbocycles. The molecule has 27 heavy (non-hydrogen) atoms. The molecule has 0 bridgehead atoms. The SMILES string of the molecule is C[C@H](C(=O)O)C1CC[C@H]2[C@@H]3C(=O)C[C@@H]4C[C@H](OP)CC[C@]4(C)[C@H]3CC[C@]12C. The summed E-state index contributed by atoms with van der Waals surface area (Å²) in [6, 6.07) is 0. The third-order valence-electron chi connectivity index (χ3n) is 9.68. The Morgan fingerprint density at radius 1 is 1.15 bits per heavy atom. The van der Waals surface area contributed by atoms with Crippen LogP contribution in [0, 0.1) is 46.3 Å². The van der Waals surface area contributed by atoms with E-state index in [9.17, 15) is 14.7 Å². The van der Waals surface area contributed by atoms with Crippen molar-refractivity contribution in [3.63, 3.8) is 0 Å². The number of fused-ring (bicyclic) bond motifs is 5. The summed E-state index contributed by atoms with van der Waals surface area (Å²) < 4.78 is 5.55. The second-order valence-electron chi connectivity index (χ2n) is 10.5. The van der Waals surface area contributed by atoms with E-state index >= 15 is 0 Å². The molecule has 0 spiro atoms. The third-order valence-corrected chi connectivity index (χ3v) is 10.1. The minimum atomic E-state index is -0.679. The van der Waals surface area contributed by atoms with Gasteiger partial charge < -0.3 is 9.63 Å². The highest BCUT2D eigenvalue weighted by Crippen LogP contribution is 2.67. The number of hydrogen-bond acceptors (Lipinski definition) is 3. The van der Waals surface area contributed by atoms with Crippen molar-refractivity contribution in [2.24, 2.45) is 46.3 Å². The smallest absolute Gasteiger partial charge is 0.306 e. The van der Waals surface area contributed by atoms with E-state index in [0.717, 1.165) is 44.9 Å². The summed E-state index contributed by atoms with van der Waals surface area (Å²) in [6.45, 7) is 6.61. The van der Waals surface area contributed by atoms with Crippen molar-refractivity contribution in [1.82, 2.24) is 0 Å². The van der Waals surface area contributed by atoms with Crippen molar-refractivity contribution in [3.05, 3.63) is 0 Å². The zero-order valence-electron chi connectivity index (χ0n) is 16.9. The second-order valence-corrected chi connectivity index (χ2v) is 10.8. The number of rotatable bonds is 3. The van der Waals surface area contributed by atoms with Crippen LogP contribution in [0.4, 0.5) is 0 Å². The van der Waals surface area contributed by atoms with Crippen LogP contribution in [0.2, 0.25) is 0 Å². The standard InChI is InChI=1S/C22H35O4P/c1-12(20(24)25)15-4-5-16-19-17(7-9-22(15,16)3)21(2)8-6-14(26-27)10-13(21)11-18(19)23/h12-17,19H,4-11,27H2,1-3H3,(H,24,25)/t12-,13-,14+,15?,16-,17-,19-,21-,22+/m0/s1. The first-order valence-corrected chi connectivity index (χ1v) is 11.3. The van der Waals surface area contributed by atoms with Gasteiger partial charge in [-0.1, -0.05) is 20.8 Å². The van der Waals surface area contributed by atoms with Crippen LogP contribution in [0.1, 0.15) is 72.1 Å². The summed E-state index contributed by atoms with van der Waals surface area (Å²) in [5.74, 6) is 1.15. The van der Waals surface area contributed by atoms with E-state index in [1.807, 2.05) is 6.92 Å². The second kappa shape index (κ2) is 6.80. The van der Waals surface area contributed by atoms with Crippen LogP contribution in [0.3, 0.4) is 0 Å². The van der Waals surface area contributed by atoms with Crippen molar-refractivity contribution in [2.75, 3.05) is 0 Å². The van der Waals surface area contributed by atoms with Crippen molar-refractivity contribution in [2.45, 2.75) is 78.2 Å². The van der Waals surface area contributed by atoms with Crippen molar-refractivity contribution in [1.29, 1.82) is 0 Å². The molecule has 4 nitrogen and oxygen atoms in total. The van der Waals surface area contributed by atoms with Crippen LogP contribution in [0.25, 0.3) is 0 Å². The van der Waals surface area contributed by atoms with Gasteiger partial charge in [-0.15, -0.1) is 0 Å². The summed E-state index contributed by atoms with van der Waals surface area (Å²) in [4.78, 5) is 25.0. The fraction of sp³-hybridized carbons (Fsp3) is 0.909. The first-order chi connectivity index (χ1) is 12.7. The number of carboxylic acids is 1. The van der Waals surface area contributed by atoms with Crippen molar-refractivity contribution < 1.29 is 19.2 Å². The number of carbonyl (C=O) groups excluding carboxylic acids is 1. The minimum Gasteiger partial charge on any atom is -0.481 e. The number of carboxylic acid groups (broad SMARTS) is 1. The summed E-state index contributed by atoms with van der Waals surface area (Å²) in [6.07, 6.45) is 8.41. The molecule has 0 aromatic carbocycles. The lowest BCUT2D eigenvalue weighted by Crippen LogP contribution is -2.57. The first-order valence-electron chi connectivity index (χ1n) is 10.8. The lowest BCUT2D eigenvalue weighted by Gasteiger charge is -2.60. The summed E-state index contributed by atoms with van der Waals surface area (Å²) >= 11 is 0. The molecule has 152 valence electrons. The van der Waals surface area contributed by atoms with Gasteiger partial charge in [-0.3, -0.25) is 9.59 Å². The molecule has 0 radical (unpaired) electrons. The fourth-order valence-corrected chi connectivity index (χ4v) is 8.30. The molecule has 0 aliphatic heterocycles. The highest BCUT2D eigenvalue weighted by Gasteiger charge is 2.63. The Morgan fingerprint density at radius 2 is 1.81 bits per heavy atom. The Morgan fingerprint density at radius 3 is 2.48 bits per heavy atom. The molecule has 4 aliphatic rings. The van der Waals surface area contributed by atoms with Gasteiger partial charge in [-0.25, -0.2) is 0 Å². The van der Waals surface area contributed by atoms with Crippen LogP contribution in [-0.4, -0.2) is 23.0 Å². The average molecular weight is 394 g/mol. The molecule has 10 atom stereocenters. The maximum Gasteiger partial charge on any atom is 0.306 e. The predicted molar refractivity (Wildman–Crippen MR) is 107 cm³/mol. The van der Waals surface area contributed by atoms with Gasteiger partial charge in [0.05, 0.1) is 12.0 Å². The van der Waals surface area contributed by atoms with E-state index in [1.54, 1.807) is 0 Å². The maximum atomic E-state index is 13.4. The molecule has 0 amide bonds. The molecule has 1 N–H and O–H groups in total. The largest absolute Gasteiger partial charge is 0.481 e. The van der Waals surface area contributed by atoms with Crippen LogP contribution < -0.4 is 0 Å². The predicted octanol–water partition coefficient (Wildman–Crippen LogP) is 4.72. The number of hydrogen-bond donors (Lipinski definition) is 1. The molecule has 4 fully saturated rings. The van der Waals surface area contributed by atoms with Crippen LogP contribution in [-0.2, 0) is 14.1 Å². The number of ketones is 1. The van der Waals surface area contributed by atoms with Gasteiger partial charge in [-0.05, 0) is 79.4 Å². The van der Waals surface area contributed by atoms with Gasteiger partial charge in [0.2, 0.25) is 0 Å². The Hall–Kier alpha value is -0.470. The molecular formula is C22H35O4P. The molecule has 0 saturated heterocycles. The van der Waals surface area contributed by atoms with E-state index in [2.05, 4.69) is 23.3 Å². The fourth-order valence-electron chi connectivity index (χ4n) is 8.05. The van der Waals surface area contributed by atoms with Crippen LogP contribution >= 0.6 is 9.47 Å². The zero-order valence-corrected chi connectivity index (χ0v) is 18.1. The summed E-state index contributed by atoms with van der Waals surface area (Å²) in [7, 11) is 2.41. The molecule has 4 rings (SSSR count). The lowest BCUT2D eigenvalue weighted by molar-refractivity contribution is -0.161. The molecule has 0 aromatic rings. The monoisotopic (exact) mass is 394 g/mol. The van der Waals surface area contributed by atoms with Crippen molar-refractivity contribution >= 4 is 21.2 Å². The van der Waals surface area contributed by atoms with Gasteiger partial charge in [0.25, 0.3) is 0 Å². The first kappa shape index (κ1) is 19.8. The highest BCUT2D eigenvalue weighted by atomic mass is 31.0. The van der Waals surface area contributed by atoms with Gasteiger partial charge in [-0.2, -0.15) is 0 Å². The normalized spacial score (nSPS) is 50.4. The number of Topliss-reactive ketones (excluding diaryl/α,β-unsaturated/α-hetero) is 1. The molecule has 4 saturated carbocycles. The summed E-state index contributed by atoms with van der Waals surface area (Å²) in [5.41, 5.74) is 0.258. The Labute approximate surface area is 165 Å². The highest BCUT2D eigenvalue weighted by molar-refractivity contribution is 7.09. The zero-order chi connectivity index (χ0) is 19.6. The van der Waals surface area contributed by atoms with E-state index in [-0.39, 0.29) is 34.7 Å². The van der Waals surface area contributed by atoms with E-state index < -0.39 is 5.97 Å². The number of aliphatic carboxylic acids is 1. The van der Waals surface area contributed by atoms with Crippen LogP contribution in [0.15, 0.2) is 0 Å². The van der Waals surface area contributed by atoms with E-state index in [4.69, 9.17) is 4.52 Å². The quantitative estimate of drug-likeness (QED) is 0.704. The maximum absolute atomic E-state index is 13.4. The summed E-state index contributed by atoms with van der Waals surface area (Å²) in [5, 5.41) is 9.59. The average Bonchev–Trinajstić information content (AvgIpc) is 2.98. The third kappa shape index (κ3) is 2.84. The Kier molecular flexibility index (Phi) is 4.99. The molecular weight excluding hydrogens is 359 g/mol. The molecule has 2 unspecified atom stereocenters. The van der Waals surface area contributed by atoms with E-state index in [0.29, 0.717) is 30.0 Å². The molecule has 0 heterocycles. The topological polar surface area (TPSA) is 63.6 Å². The minimum absolute atomic E-state index is 0.0121. The Balaban J connectivity index is 1.62. The van der Waals surface area contributed by atoms with Gasteiger partial charge >= 0.3 is 5.97 Å².